The molecule has 23 heteroatoms. The van der Waals surface area contributed by atoms with Crippen LogP contribution in [0.25, 0.3) is 0 Å². The van der Waals surface area contributed by atoms with Gasteiger partial charge in [-0.25, -0.2) is 0 Å². The highest BCUT2D eigenvalue weighted by Crippen LogP contribution is 2.12. The summed E-state index contributed by atoms with van der Waals surface area (Å²) in [5.74, 6) is -5.07. The van der Waals surface area contributed by atoms with E-state index in [1.54, 1.807) is 26.6 Å². The number of amides is 4. The summed E-state index contributed by atoms with van der Waals surface area (Å²) in [4.78, 5) is 95.1. The molecule has 23 nitrogen and oxygen atoms in total. The molecular weight excluding hydrogens is 806 g/mol. The maximum absolute atomic E-state index is 13.6. The fourth-order valence-electron chi connectivity index (χ4n) is 6.57. The Kier molecular flexibility index (Phi) is 27.8. The average molecular weight is 878 g/mol. The lowest BCUT2D eigenvalue weighted by molar-refractivity contribution is -0.140. The first-order valence-corrected chi connectivity index (χ1v) is 20.9. The molecular formula is C38H71N9O14. The molecule has 4 atom stereocenters. The summed E-state index contributed by atoms with van der Waals surface area (Å²) in [6.07, 6.45) is -2.82. The Morgan fingerprint density at radius 1 is 0.590 bits per heavy atom. The third-order valence-electron chi connectivity index (χ3n) is 10.0. The van der Waals surface area contributed by atoms with Crippen LogP contribution in [0.5, 0.6) is 0 Å². The van der Waals surface area contributed by atoms with Crippen molar-refractivity contribution >= 4 is 41.5 Å². The van der Waals surface area contributed by atoms with Crippen molar-refractivity contribution < 1.29 is 69.3 Å². The third-order valence-corrected chi connectivity index (χ3v) is 10.0. The molecule has 61 heavy (non-hydrogen) atoms. The molecule has 352 valence electrons. The van der Waals surface area contributed by atoms with Crippen LogP contribution in [0.15, 0.2) is 0 Å². The van der Waals surface area contributed by atoms with Gasteiger partial charge in [-0.3, -0.25) is 58.1 Å². The molecule has 11 N–H and O–H groups in total. The van der Waals surface area contributed by atoms with E-state index in [9.17, 15) is 64.2 Å². The quantitative estimate of drug-likeness (QED) is 0.0485. The molecule has 2 rings (SSSR count). The second-order valence-electron chi connectivity index (χ2n) is 15.3. The smallest absolute Gasteiger partial charge is 0.317 e. The molecule has 4 amide bonds. The lowest BCUT2D eigenvalue weighted by Gasteiger charge is -2.33. The van der Waals surface area contributed by atoms with Gasteiger partial charge in [0.25, 0.3) is 0 Å². The number of carbonyl (C=O) groups is 7. The van der Waals surface area contributed by atoms with Crippen LogP contribution in [0.1, 0.15) is 52.4 Å². The standard InChI is InChI=1S/C35H63N9O14.C3H8/c1-36-29(49)18-40-8-5-24(6-9-40)38-35(58)25(2-3-28(48)37-7-4-26(46)34(57)27(47)23-45)39-30(50)19-41-10-12-42(20-31(51)52)14-16-44(22-33(55)56)17-15-43(13-11-41)21-32(53)54;1-3-2/h24-27,34,45-47,57H,2-23H2,1H3,(H,36,49)(H,37,48)(H,38,58)(H,39,50)(H,51,52)(H,53,54)(H,55,56);3H2,1-2H3/t25-,26-,27-,34+;/m1./s1. The van der Waals surface area contributed by atoms with E-state index in [1.165, 1.54) is 6.42 Å². The Labute approximate surface area is 357 Å². The third kappa shape index (κ3) is 24.8. The summed E-state index contributed by atoms with van der Waals surface area (Å²) in [6, 6.07) is -1.44. The Hall–Kier alpha value is -4.07. The van der Waals surface area contributed by atoms with Crippen molar-refractivity contribution in [1.29, 1.82) is 0 Å². The van der Waals surface area contributed by atoms with Crippen molar-refractivity contribution in [3.63, 3.8) is 0 Å². The molecule has 2 saturated heterocycles. The van der Waals surface area contributed by atoms with Crippen molar-refractivity contribution in [1.82, 2.24) is 45.8 Å². The van der Waals surface area contributed by atoms with Gasteiger partial charge in [-0.1, -0.05) is 20.3 Å². The molecule has 2 heterocycles. The van der Waals surface area contributed by atoms with Crippen molar-refractivity contribution in [2.24, 2.45) is 0 Å². The number of nitrogens with zero attached hydrogens (tertiary/aromatic N) is 5. The van der Waals surface area contributed by atoms with E-state index in [0.29, 0.717) is 25.9 Å². The first-order chi connectivity index (χ1) is 28.9. The summed E-state index contributed by atoms with van der Waals surface area (Å²) >= 11 is 0. The number of carboxylic acid groups (broad SMARTS) is 3. The first kappa shape index (κ1) is 54.9. The molecule has 0 aromatic carbocycles. The molecule has 0 aliphatic carbocycles. The van der Waals surface area contributed by atoms with Crippen LogP contribution < -0.4 is 21.3 Å². The molecule has 0 spiro atoms. The summed E-state index contributed by atoms with van der Waals surface area (Å²) in [5, 5.41) is 77.6. The number of aliphatic hydroxyl groups excluding tert-OH is 4. The lowest BCUT2D eigenvalue weighted by atomic mass is 10.0. The van der Waals surface area contributed by atoms with Crippen LogP contribution in [0.2, 0.25) is 0 Å². The minimum atomic E-state index is -1.63. The van der Waals surface area contributed by atoms with Crippen LogP contribution in [0.3, 0.4) is 0 Å². The van der Waals surface area contributed by atoms with Gasteiger partial charge in [0.05, 0.1) is 45.4 Å². The fourth-order valence-corrected chi connectivity index (χ4v) is 6.57. The SMILES string of the molecule is CCC.CNC(=O)CN1CCC(NC(=O)[C@@H](CCC(=O)NCC[C@@H](O)[C@H](O)[C@H](O)CO)NC(=O)CN2CCN(CC(=O)O)CCN(CC(=O)O)CCN(CC(=O)O)CC2)CC1. The molecule has 2 aliphatic heterocycles. The van der Waals surface area contributed by atoms with E-state index in [0.717, 1.165) is 0 Å². The van der Waals surface area contributed by atoms with Crippen LogP contribution in [0.4, 0.5) is 0 Å². The Morgan fingerprint density at radius 2 is 1.00 bits per heavy atom. The molecule has 0 bridgehead atoms. The fraction of sp³-hybridized carbons (Fsp3) is 0.816. The number of carbonyl (C=O) groups excluding carboxylic acids is 4. The molecule has 2 aliphatic rings. The second kappa shape index (κ2) is 30.9. The zero-order valence-corrected chi connectivity index (χ0v) is 35.9. The normalized spacial score (nSPS) is 19.0. The van der Waals surface area contributed by atoms with Crippen LogP contribution >= 0.6 is 0 Å². The number of aliphatic hydroxyl groups is 4. The van der Waals surface area contributed by atoms with E-state index >= 15 is 0 Å². The van der Waals surface area contributed by atoms with Crippen LogP contribution in [-0.2, 0) is 33.6 Å². The number of likely N-dealkylation sites (tertiary alicyclic amines) is 1. The molecule has 0 aromatic heterocycles. The largest absolute Gasteiger partial charge is 0.480 e. The van der Waals surface area contributed by atoms with Gasteiger partial charge in [-0.15, -0.1) is 0 Å². The maximum Gasteiger partial charge on any atom is 0.317 e. The number of hydrogen-bond acceptors (Lipinski definition) is 16. The van der Waals surface area contributed by atoms with Gasteiger partial charge in [0, 0.05) is 91.5 Å². The maximum atomic E-state index is 13.6. The van der Waals surface area contributed by atoms with Crippen LogP contribution in [-0.4, -0.2) is 251 Å². The molecule has 0 unspecified atom stereocenters. The average Bonchev–Trinajstić information content (AvgIpc) is 3.20. The predicted molar refractivity (Wildman–Crippen MR) is 220 cm³/mol. The van der Waals surface area contributed by atoms with E-state index < -0.39 is 66.6 Å². The Bertz CT molecular complexity index is 1330. The number of aliphatic carboxylic acids is 3. The summed E-state index contributed by atoms with van der Waals surface area (Å²) in [6.45, 7) is 4.89. The number of nitrogens with one attached hydrogen (secondary N) is 4. The van der Waals surface area contributed by atoms with Gasteiger partial charge in [-0.05, 0) is 25.7 Å². The minimum Gasteiger partial charge on any atom is -0.480 e. The Morgan fingerprint density at radius 3 is 1.41 bits per heavy atom. The predicted octanol–water partition coefficient (Wildman–Crippen LogP) is -4.95. The van der Waals surface area contributed by atoms with Crippen LogP contribution in [0, 0.1) is 0 Å². The van der Waals surface area contributed by atoms with Crippen molar-refractivity contribution in [3.8, 4) is 0 Å². The van der Waals surface area contributed by atoms with E-state index in [4.69, 9.17) is 5.11 Å². The lowest BCUT2D eigenvalue weighted by Crippen LogP contribution is -2.54. The number of hydrogen-bond donors (Lipinski definition) is 11. The summed E-state index contributed by atoms with van der Waals surface area (Å²) in [5.41, 5.74) is 0. The molecule has 0 saturated carbocycles. The van der Waals surface area contributed by atoms with Crippen molar-refractivity contribution in [2.45, 2.75) is 82.8 Å². The monoisotopic (exact) mass is 878 g/mol. The van der Waals surface area contributed by atoms with E-state index in [-0.39, 0.29) is 123 Å². The number of rotatable bonds is 22. The van der Waals surface area contributed by atoms with Gasteiger partial charge in [0.2, 0.25) is 23.6 Å². The zero-order chi connectivity index (χ0) is 45.9. The summed E-state index contributed by atoms with van der Waals surface area (Å²) < 4.78 is 0. The topological polar surface area (TPSA) is 325 Å². The Balaban J connectivity index is 0.00000601. The van der Waals surface area contributed by atoms with E-state index in [2.05, 4.69) is 35.1 Å². The second-order valence-corrected chi connectivity index (χ2v) is 15.3. The van der Waals surface area contributed by atoms with Gasteiger partial charge in [0.15, 0.2) is 0 Å². The zero-order valence-electron chi connectivity index (χ0n) is 35.9. The van der Waals surface area contributed by atoms with Gasteiger partial charge in [-0.2, -0.15) is 0 Å². The molecule has 0 aromatic rings. The van der Waals surface area contributed by atoms with Crippen molar-refractivity contribution in [3.05, 3.63) is 0 Å². The highest BCUT2D eigenvalue weighted by Gasteiger charge is 2.29. The highest BCUT2D eigenvalue weighted by atomic mass is 16.4. The highest BCUT2D eigenvalue weighted by molar-refractivity contribution is 5.89. The van der Waals surface area contributed by atoms with Gasteiger partial charge in [0.1, 0.15) is 18.2 Å². The van der Waals surface area contributed by atoms with Gasteiger partial charge >= 0.3 is 17.9 Å². The first-order valence-electron chi connectivity index (χ1n) is 20.9. The van der Waals surface area contributed by atoms with Gasteiger partial charge < -0.3 is 57.0 Å². The number of carboxylic acids is 3. The number of likely N-dealkylation sites (N-methyl/N-ethyl adjacent to an activating group) is 1. The summed E-state index contributed by atoms with van der Waals surface area (Å²) in [7, 11) is 1.54. The molecule has 2 fully saturated rings. The minimum absolute atomic E-state index is 0.0998. The van der Waals surface area contributed by atoms with Crippen molar-refractivity contribution in [2.75, 3.05) is 118 Å². The number of piperidine rings is 1. The molecule has 0 radical (unpaired) electrons. The van der Waals surface area contributed by atoms with E-state index in [1.807, 2.05) is 4.90 Å².